The number of carbonyl (C=O) groups is 3. The van der Waals surface area contributed by atoms with Crippen molar-refractivity contribution in [3.8, 4) is 0 Å². The summed E-state index contributed by atoms with van der Waals surface area (Å²) in [6, 6.07) is 18.2. The maximum absolute atomic E-state index is 13.6. The van der Waals surface area contributed by atoms with Gasteiger partial charge in [-0.2, -0.15) is 0 Å². The van der Waals surface area contributed by atoms with Crippen LogP contribution in [0.3, 0.4) is 0 Å². The predicted octanol–water partition coefficient (Wildman–Crippen LogP) is 2.31. The zero-order valence-corrected chi connectivity index (χ0v) is 17.8. The summed E-state index contributed by atoms with van der Waals surface area (Å²) >= 11 is 0. The molecule has 162 valence electrons. The predicted molar refractivity (Wildman–Crippen MR) is 115 cm³/mol. The second kappa shape index (κ2) is 8.51. The number of hydrogen-bond donors (Lipinski definition) is 1. The lowest BCUT2D eigenvalue weighted by Crippen LogP contribution is -2.52. The van der Waals surface area contributed by atoms with Gasteiger partial charge in [0.15, 0.2) is 5.54 Å². The van der Waals surface area contributed by atoms with Gasteiger partial charge in [0.2, 0.25) is 5.91 Å². The summed E-state index contributed by atoms with van der Waals surface area (Å²) in [4.78, 5) is 42.2. The first-order valence-electron chi connectivity index (χ1n) is 10.6. The van der Waals surface area contributed by atoms with Crippen molar-refractivity contribution in [3.05, 3.63) is 71.8 Å². The van der Waals surface area contributed by atoms with Crippen LogP contribution in [0.2, 0.25) is 0 Å². The van der Waals surface area contributed by atoms with Crippen LogP contribution in [0.1, 0.15) is 25.0 Å². The van der Waals surface area contributed by atoms with Crippen LogP contribution in [-0.2, 0) is 26.3 Å². The Morgan fingerprint density at radius 2 is 1.58 bits per heavy atom. The summed E-state index contributed by atoms with van der Waals surface area (Å²) < 4.78 is 5.68. The van der Waals surface area contributed by atoms with E-state index in [2.05, 4.69) is 5.32 Å². The first-order valence-corrected chi connectivity index (χ1v) is 10.6. The lowest BCUT2D eigenvalue weighted by atomic mass is 9.83. The second-order valence-electron chi connectivity index (χ2n) is 8.31. The molecule has 7 heteroatoms. The molecule has 0 spiro atoms. The highest BCUT2D eigenvalue weighted by molar-refractivity contribution is 6.09. The highest BCUT2D eigenvalue weighted by atomic mass is 16.5. The van der Waals surface area contributed by atoms with Crippen LogP contribution >= 0.6 is 0 Å². The summed E-state index contributed by atoms with van der Waals surface area (Å²) in [6.45, 7) is 4.42. The smallest absolute Gasteiger partial charge is 0.325 e. The molecular weight excluding hydrogens is 394 g/mol. The van der Waals surface area contributed by atoms with Gasteiger partial charge in [-0.05, 0) is 25.0 Å². The fourth-order valence-corrected chi connectivity index (χ4v) is 4.43. The zero-order valence-electron chi connectivity index (χ0n) is 17.8. The zero-order chi connectivity index (χ0) is 22.0. The fourth-order valence-electron chi connectivity index (χ4n) is 4.43. The normalized spacial score (nSPS) is 26.1. The minimum Gasteiger partial charge on any atom is -0.372 e. The van der Waals surface area contributed by atoms with Crippen LogP contribution in [-0.4, -0.2) is 59.5 Å². The third-order valence-corrected chi connectivity index (χ3v) is 5.82. The van der Waals surface area contributed by atoms with Crippen molar-refractivity contribution in [1.29, 1.82) is 0 Å². The Hall–Kier alpha value is -3.19. The van der Waals surface area contributed by atoms with Crippen molar-refractivity contribution in [3.63, 3.8) is 0 Å². The number of imide groups is 1. The summed E-state index contributed by atoms with van der Waals surface area (Å²) in [7, 11) is 0. The van der Waals surface area contributed by atoms with Crippen molar-refractivity contribution >= 4 is 17.8 Å². The molecule has 2 aromatic rings. The molecule has 3 atom stereocenters. The SMILES string of the molecule is C[C@H]1CN(C(=O)CN2C(=O)N[C@](Cc3ccccc3)(c3ccccc3)C2=O)C[C@H](C)O1. The van der Waals surface area contributed by atoms with Gasteiger partial charge in [-0.25, -0.2) is 4.79 Å². The van der Waals surface area contributed by atoms with Crippen molar-refractivity contribution < 1.29 is 19.1 Å². The summed E-state index contributed by atoms with van der Waals surface area (Å²) in [5, 5.41) is 2.90. The number of ether oxygens (including phenoxy) is 1. The molecule has 0 aliphatic carbocycles. The average Bonchev–Trinajstić information content (AvgIpc) is 2.99. The number of urea groups is 1. The molecule has 2 aliphatic rings. The maximum atomic E-state index is 13.6. The Balaban J connectivity index is 1.61. The van der Waals surface area contributed by atoms with Gasteiger partial charge in [-0.15, -0.1) is 0 Å². The molecule has 4 amide bonds. The molecule has 0 aromatic heterocycles. The molecule has 2 fully saturated rings. The third-order valence-electron chi connectivity index (χ3n) is 5.82. The van der Waals surface area contributed by atoms with Crippen LogP contribution in [0.4, 0.5) is 4.79 Å². The van der Waals surface area contributed by atoms with Gasteiger partial charge in [-0.1, -0.05) is 60.7 Å². The first-order chi connectivity index (χ1) is 14.9. The lowest BCUT2D eigenvalue weighted by Gasteiger charge is -2.36. The molecule has 2 aromatic carbocycles. The number of morpholine rings is 1. The average molecular weight is 421 g/mol. The highest BCUT2D eigenvalue weighted by Crippen LogP contribution is 2.33. The molecule has 0 saturated carbocycles. The number of nitrogens with zero attached hydrogens (tertiary/aromatic N) is 2. The Kier molecular flexibility index (Phi) is 5.78. The first kappa shape index (κ1) is 21.1. The molecule has 0 unspecified atom stereocenters. The van der Waals surface area contributed by atoms with E-state index in [1.807, 2.05) is 74.5 Å². The molecule has 0 bridgehead atoms. The number of rotatable bonds is 5. The van der Waals surface area contributed by atoms with Crippen LogP contribution < -0.4 is 5.32 Å². The Morgan fingerprint density at radius 3 is 2.19 bits per heavy atom. The van der Waals surface area contributed by atoms with E-state index in [9.17, 15) is 14.4 Å². The number of benzene rings is 2. The minimum absolute atomic E-state index is 0.0858. The van der Waals surface area contributed by atoms with Gasteiger partial charge in [-0.3, -0.25) is 14.5 Å². The topological polar surface area (TPSA) is 79.0 Å². The molecule has 4 rings (SSSR count). The van der Waals surface area contributed by atoms with Crippen LogP contribution in [0, 0.1) is 0 Å². The van der Waals surface area contributed by atoms with Crippen molar-refractivity contribution in [2.75, 3.05) is 19.6 Å². The van der Waals surface area contributed by atoms with Gasteiger partial charge in [0, 0.05) is 19.5 Å². The lowest BCUT2D eigenvalue weighted by molar-refractivity contribution is -0.146. The fraction of sp³-hybridized carbons (Fsp3) is 0.375. The summed E-state index contributed by atoms with van der Waals surface area (Å²) in [5.74, 6) is -0.663. The number of amides is 4. The molecule has 7 nitrogen and oxygen atoms in total. The summed E-state index contributed by atoms with van der Waals surface area (Å²) in [6.07, 6.45) is 0.133. The van der Waals surface area contributed by atoms with Gasteiger partial charge in [0.05, 0.1) is 12.2 Å². The van der Waals surface area contributed by atoms with E-state index >= 15 is 0 Å². The van der Waals surface area contributed by atoms with E-state index < -0.39 is 17.5 Å². The molecule has 2 aliphatic heterocycles. The number of nitrogens with one attached hydrogen (secondary N) is 1. The minimum atomic E-state index is -1.24. The quantitative estimate of drug-likeness (QED) is 0.752. The van der Waals surface area contributed by atoms with Gasteiger partial charge >= 0.3 is 6.03 Å². The largest absolute Gasteiger partial charge is 0.372 e. The summed E-state index contributed by atoms with van der Waals surface area (Å²) in [5.41, 5.74) is 0.371. The Morgan fingerprint density at radius 1 is 1.00 bits per heavy atom. The monoisotopic (exact) mass is 421 g/mol. The van der Waals surface area contributed by atoms with Crippen molar-refractivity contribution in [1.82, 2.24) is 15.1 Å². The molecule has 1 N–H and O–H groups in total. The molecule has 2 heterocycles. The number of hydrogen-bond acceptors (Lipinski definition) is 4. The number of carbonyl (C=O) groups excluding carboxylic acids is 3. The van der Waals surface area contributed by atoms with E-state index in [4.69, 9.17) is 4.74 Å². The molecular formula is C24H27N3O4. The highest BCUT2D eigenvalue weighted by Gasteiger charge is 2.53. The second-order valence-corrected chi connectivity index (χ2v) is 8.31. The Bertz CT molecular complexity index is 955. The van der Waals surface area contributed by atoms with Crippen LogP contribution in [0.15, 0.2) is 60.7 Å². The molecule has 0 radical (unpaired) electrons. The van der Waals surface area contributed by atoms with E-state index in [0.717, 1.165) is 10.5 Å². The van der Waals surface area contributed by atoms with Gasteiger partial charge in [0.1, 0.15) is 6.54 Å². The van der Waals surface area contributed by atoms with Crippen molar-refractivity contribution in [2.45, 2.75) is 38.0 Å². The van der Waals surface area contributed by atoms with E-state index in [1.165, 1.54) is 0 Å². The van der Waals surface area contributed by atoms with Crippen LogP contribution in [0.5, 0.6) is 0 Å². The van der Waals surface area contributed by atoms with E-state index in [0.29, 0.717) is 25.1 Å². The van der Waals surface area contributed by atoms with Gasteiger partial charge < -0.3 is 15.0 Å². The van der Waals surface area contributed by atoms with E-state index in [1.54, 1.807) is 4.90 Å². The molecule has 2 saturated heterocycles. The standard InChI is InChI=1S/C24H27N3O4/c1-17-14-26(15-18(2)31-17)21(28)16-27-22(29)24(25-23(27)30,20-11-7-4-8-12-20)13-19-9-5-3-6-10-19/h3-12,17-18H,13-16H2,1-2H3,(H,25,30)/t17-,18-,24+/m0/s1. The van der Waals surface area contributed by atoms with Crippen molar-refractivity contribution in [2.24, 2.45) is 0 Å². The third kappa shape index (κ3) is 4.18. The van der Waals surface area contributed by atoms with E-state index in [-0.39, 0.29) is 24.7 Å². The maximum Gasteiger partial charge on any atom is 0.325 e. The van der Waals surface area contributed by atoms with Gasteiger partial charge in [0.25, 0.3) is 5.91 Å². The van der Waals surface area contributed by atoms with Crippen LogP contribution in [0.25, 0.3) is 0 Å². The molecule has 31 heavy (non-hydrogen) atoms. The Labute approximate surface area is 182 Å².